The Balaban J connectivity index is -0.0000000720. The molecule has 53 valence electrons. The van der Waals surface area contributed by atoms with Gasteiger partial charge in [-0.2, -0.15) is 0 Å². The molecule has 1 radical (unpaired) electrons. The molecule has 0 amide bonds. The largest absolute Gasteiger partial charge is 2.00 e. The van der Waals surface area contributed by atoms with Crippen molar-refractivity contribution in [1.82, 2.24) is 0 Å². The average molecular weight is 213 g/mol. The van der Waals surface area contributed by atoms with Crippen molar-refractivity contribution in [3.05, 3.63) is 0 Å². The molecule has 0 aliphatic heterocycles. The van der Waals surface area contributed by atoms with E-state index in [-0.39, 0.29) is 17.1 Å². The van der Waals surface area contributed by atoms with Crippen molar-refractivity contribution in [2.24, 2.45) is 0 Å². The first kappa shape index (κ1) is 16.1. The summed E-state index contributed by atoms with van der Waals surface area (Å²) >= 11 is 0. The summed E-state index contributed by atoms with van der Waals surface area (Å²) in [6, 6.07) is 0. The van der Waals surface area contributed by atoms with Crippen LogP contribution in [0.2, 0.25) is 0 Å². The van der Waals surface area contributed by atoms with E-state index in [1.807, 2.05) is 0 Å². The van der Waals surface area contributed by atoms with Crippen LogP contribution < -0.4 is 9.79 Å². The first-order valence-corrected chi connectivity index (χ1v) is 3.29. The van der Waals surface area contributed by atoms with Gasteiger partial charge in [-0.3, -0.25) is 18.3 Å². The van der Waals surface area contributed by atoms with E-state index < -0.39 is 15.8 Å². The fourth-order valence-corrected chi connectivity index (χ4v) is 0. The van der Waals surface area contributed by atoms with Crippen LogP contribution in [-0.4, -0.2) is 0 Å². The zero-order chi connectivity index (χ0) is 7.15. The molecule has 0 atom stereocenters. The van der Waals surface area contributed by atoms with Crippen molar-refractivity contribution in [3.63, 3.8) is 0 Å². The molecule has 0 saturated carbocycles. The second kappa shape index (κ2) is 11.1. The van der Waals surface area contributed by atoms with Gasteiger partial charge in [-0.1, -0.05) is 0 Å². The summed E-state index contributed by atoms with van der Waals surface area (Å²) in [6.07, 6.45) is 0. The maximum Gasteiger partial charge on any atom is 2.00 e. The summed E-state index contributed by atoms with van der Waals surface area (Å²) in [5, 5.41) is 0. The molecule has 0 spiro atoms. The van der Waals surface area contributed by atoms with Gasteiger partial charge in [0.25, 0.3) is 0 Å². The van der Waals surface area contributed by atoms with Gasteiger partial charge in [0.05, 0.1) is 0 Å². The summed E-state index contributed by atoms with van der Waals surface area (Å²) in [4.78, 5) is 17.0. The average Bonchev–Trinajstić information content (AvgIpc) is 1.25. The monoisotopic (exact) mass is 213 g/mol. The van der Waals surface area contributed by atoms with Crippen LogP contribution in [0.4, 0.5) is 0 Å². The Morgan fingerprint density at radius 1 is 0.778 bits per heavy atom. The second-order valence-corrected chi connectivity index (χ2v) is 1.34. The van der Waals surface area contributed by atoms with Crippen LogP contribution in [0, 0.1) is 0 Å². The summed E-state index contributed by atoms with van der Waals surface area (Å²) in [7, 11) is -6.74. The summed E-state index contributed by atoms with van der Waals surface area (Å²) in [5.41, 5.74) is 0. The third kappa shape index (κ3) is 5590. The molecular weight excluding hydrogens is 213 g/mol. The van der Waals surface area contributed by atoms with Crippen molar-refractivity contribution in [2.75, 3.05) is 0 Å². The molecular formula is MnO6P2. The minimum absolute atomic E-state index is 0. The van der Waals surface area contributed by atoms with Crippen molar-refractivity contribution in [1.29, 1.82) is 0 Å². The van der Waals surface area contributed by atoms with E-state index >= 15 is 0 Å². The summed E-state index contributed by atoms with van der Waals surface area (Å²) < 4.78 is 33.9. The molecule has 0 heterocycles. The molecule has 0 fully saturated rings. The summed E-state index contributed by atoms with van der Waals surface area (Å²) in [5.74, 6) is 0. The first-order valence-electron chi connectivity index (χ1n) is 1.10. The molecule has 0 aromatic carbocycles. The Bertz CT molecular complexity index is 128. The van der Waals surface area contributed by atoms with Gasteiger partial charge >= 0.3 is 17.1 Å². The molecule has 0 saturated heterocycles. The molecule has 0 aliphatic rings. The van der Waals surface area contributed by atoms with Gasteiger partial charge in [0, 0.05) is 0 Å². The van der Waals surface area contributed by atoms with Crippen LogP contribution in [0.5, 0.6) is 0 Å². The predicted molar refractivity (Wildman–Crippen MR) is 16.6 cm³/mol. The third-order valence-electron chi connectivity index (χ3n) is 0. The van der Waals surface area contributed by atoms with Crippen molar-refractivity contribution < 1.29 is 45.1 Å². The maximum absolute atomic E-state index is 8.48. The Hall–Kier alpha value is 0.239. The topological polar surface area (TPSA) is 114 Å². The van der Waals surface area contributed by atoms with Crippen LogP contribution >= 0.6 is 15.8 Å². The number of rotatable bonds is 0. The molecule has 0 rings (SSSR count). The van der Waals surface area contributed by atoms with Crippen molar-refractivity contribution >= 4 is 15.8 Å². The Morgan fingerprint density at radius 3 is 0.778 bits per heavy atom. The normalized spacial score (nSPS) is 5.56. The standard InChI is InChI=1S/Mn.2HO3P/c;2*1-4(2)3/h;2*(H,1,2,3)/q+2;;/p-2. The number of hydrogen-bond acceptors (Lipinski definition) is 6. The maximum atomic E-state index is 8.48. The van der Waals surface area contributed by atoms with E-state index in [0.29, 0.717) is 0 Å². The fraction of sp³-hybridized carbons (Fsp3) is 0. The number of hydrogen-bond donors (Lipinski definition) is 0. The molecule has 6 nitrogen and oxygen atoms in total. The molecule has 0 aliphatic carbocycles. The van der Waals surface area contributed by atoms with Crippen molar-refractivity contribution in [2.45, 2.75) is 0 Å². The van der Waals surface area contributed by atoms with E-state index in [2.05, 4.69) is 0 Å². The van der Waals surface area contributed by atoms with Gasteiger partial charge in [-0.15, -0.1) is 0 Å². The van der Waals surface area contributed by atoms with Crippen LogP contribution in [0.15, 0.2) is 0 Å². The minimum Gasteiger partial charge on any atom is -0.744 e. The van der Waals surface area contributed by atoms with Crippen LogP contribution in [-0.2, 0) is 35.3 Å². The van der Waals surface area contributed by atoms with Gasteiger partial charge in [-0.25, -0.2) is 0 Å². The van der Waals surface area contributed by atoms with E-state index in [9.17, 15) is 0 Å². The molecule has 0 N–H and O–H groups in total. The first-order chi connectivity index (χ1) is 3.46. The van der Waals surface area contributed by atoms with E-state index in [4.69, 9.17) is 28.0 Å². The Labute approximate surface area is 61.6 Å². The molecule has 0 bridgehead atoms. The minimum atomic E-state index is -3.37. The molecule has 9 heteroatoms. The molecule has 0 unspecified atom stereocenters. The predicted octanol–water partition coefficient (Wildman–Crippen LogP) is -1.13. The molecule has 9 heavy (non-hydrogen) atoms. The van der Waals surface area contributed by atoms with E-state index in [1.54, 1.807) is 0 Å². The third-order valence-corrected chi connectivity index (χ3v) is 0. The smallest absolute Gasteiger partial charge is 0.744 e. The Kier molecular flexibility index (Phi) is 19.9. The molecule has 0 aromatic heterocycles. The van der Waals surface area contributed by atoms with Crippen LogP contribution in [0.1, 0.15) is 0 Å². The quantitative estimate of drug-likeness (QED) is 0.371. The van der Waals surface area contributed by atoms with Crippen molar-refractivity contribution in [3.8, 4) is 0 Å². The zero-order valence-electron chi connectivity index (χ0n) is 3.72. The fourth-order valence-electron chi connectivity index (χ4n) is 0. The van der Waals surface area contributed by atoms with E-state index in [1.165, 1.54) is 0 Å². The second-order valence-electron chi connectivity index (χ2n) is 0.447. The van der Waals surface area contributed by atoms with Gasteiger partial charge in [0.15, 0.2) is 0 Å². The van der Waals surface area contributed by atoms with E-state index in [0.717, 1.165) is 0 Å². The zero-order valence-corrected chi connectivity index (χ0v) is 6.69. The van der Waals surface area contributed by atoms with Gasteiger partial charge in [0.2, 0.25) is 15.8 Å². The van der Waals surface area contributed by atoms with Gasteiger partial charge < -0.3 is 9.79 Å². The van der Waals surface area contributed by atoms with Gasteiger partial charge in [0.1, 0.15) is 0 Å². The SMILES string of the molecule is O=P(=O)[O-].O=P(=O)[O-].[Mn+2]. The Morgan fingerprint density at radius 2 is 0.778 bits per heavy atom. The summed E-state index contributed by atoms with van der Waals surface area (Å²) in [6.45, 7) is 0. The van der Waals surface area contributed by atoms with Crippen LogP contribution in [0.3, 0.4) is 0 Å². The van der Waals surface area contributed by atoms with Gasteiger partial charge in [-0.05, 0) is 0 Å². The van der Waals surface area contributed by atoms with Crippen LogP contribution in [0.25, 0.3) is 0 Å². The molecule has 0 aromatic rings.